The molecule has 0 N–H and O–H groups in total. The van der Waals surface area contributed by atoms with Gasteiger partial charge in [0.2, 0.25) is 11.8 Å². The average molecular weight is 267 g/mol. The van der Waals surface area contributed by atoms with E-state index >= 15 is 0 Å². The van der Waals surface area contributed by atoms with Crippen LogP contribution in [-0.2, 0) is 14.4 Å². The van der Waals surface area contributed by atoms with E-state index in [0.717, 1.165) is 19.3 Å². The van der Waals surface area contributed by atoms with Crippen LogP contribution >= 0.6 is 0 Å². The Kier molecular flexibility index (Phi) is 5.70. The van der Waals surface area contributed by atoms with E-state index in [-0.39, 0.29) is 35.4 Å². The van der Waals surface area contributed by atoms with Gasteiger partial charge in [-0.15, -0.1) is 0 Å². The molecule has 1 aliphatic heterocycles. The van der Waals surface area contributed by atoms with Crippen molar-refractivity contribution in [3.05, 3.63) is 0 Å². The first-order valence-corrected chi connectivity index (χ1v) is 7.24. The van der Waals surface area contributed by atoms with E-state index < -0.39 is 0 Å². The highest BCUT2D eigenvalue weighted by Gasteiger charge is 2.41. The van der Waals surface area contributed by atoms with Crippen molar-refractivity contribution in [2.24, 2.45) is 17.8 Å². The average Bonchev–Trinajstić information content (AvgIpc) is 2.55. The quantitative estimate of drug-likeness (QED) is 0.526. The van der Waals surface area contributed by atoms with Gasteiger partial charge in [0.15, 0.2) is 0 Å². The normalized spacial score (nSPS) is 23.5. The smallest absolute Gasteiger partial charge is 0.232 e. The molecule has 0 bridgehead atoms. The lowest BCUT2D eigenvalue weighted by atomic mass is 10.00. The number of ketones is 1. The molecule has 2 unspecified atom stereocenters. The highest BCUT2D eigenvalue weighted by Crippen LogP contribution is 2.25. The summed E-state index contributed by atoms with van der Waals surface area (Å²) in [7, 11) is 0. The van der Waals surface area contributed by atoms with E-state index in [4.69, 9.17) is 0 Å². The fourth-order valence-corrected chi connectivity index (χ4v) is 2.28. The molecule has 108 valence electrons. The van der Waals surface area contributed by atoms with Crippen molar-refractivity contribution in [3.63, 3.8) is 0 Å². The molecule has 0 spiro atoms. The number of nitrogens with zero attached hydrogens (tertiary/aromatic N) is 1. The van der Waals surface area contributed by atoms with Crippen molar-refractivity contribution < 1.29 is 14.4 Å². The summed E-state index contributed by atoms with van der Waals surface area (Å²) in [5.74, 6) is -0.0736. The van der Waals surface area contributed by atoms with E-state index in [1.807, 2.05) is 27.7 Å². The summed E-state index contributed by atoms with van der Waals surface area (Å²) in [6.07, 6.45) is 3.13. The number of hydrogen-bond acceptors (Lipinski definition) is 3. The molecule has 2 atom stereocenters. The summed E-state index contributed by atoms with van der Waals surface area (Å²) in [5, 5.41) is 0. The van der Waals surface area contributed by atoms with Gasteiger partial charge in [-0.05, 0) is 12.8 Å². The van der Waals surface area contributed by atoms with Gasteiger partial charge in [-0.25, -0.2) is 0 Å². The Hall–Kier alpha value is -1.19. The molecule has 0 saturated carbocycles. The predicted octanol–water partition coefficient (Wildman–Crippen LogP) is 2.41. The molecule has 19 heavy (non-hydrogen) atoms. The third-order valence-corrected chi connectivity index (χ3v) is 4.01. The number of rotatable bonds is 7. The minimum Gasteiger partial charge on any atom is -0.299 e. The summed E-state index contributed by atoms with van der Waals surface area (Å²) >= 11 is 0. The van der Waals surface area contributed by atoms with Crippen LogP contribution in [0.4, 0.5) is 0 Å². The van der Waals surface area contributed by atoms with Crippen LogP contribution in [0.15, 0.2) is 0 Å². The van der Waals surface area contributed by atoms with E-state index in [1.54, 1.807) is 0 Å². The molecular weight excluding hydrogens is 242 g/mol. The van der Waals surface area contributed by atoms with Gasteiger partial charge in [0.05, 0.1) is 0 Å². The molecule has 1 aliphatic rings. The van der Waals surface area contributed by atoms with Crippen LogP contribution in [-0.4, -0.2) is 29.0 Å². The van der Waals surface area contributed by atoms with Crippen LogP contribution < -0.4 is 0 Å². The number of likely N-dealkylation sites (tertiary alicyclic amines) is 1. The molecular formula is C15H25NO3. The van der Waals surface area contributed by atoms with Gasteiger partial charge in [-0.3, -0.25) is 19.3 Å². The zero-order chi connectivity index (χ0) is 14.6. The lowest BCUT2D eigenvalue weighted by Gasteiger charge is -2.14. The number of imide groups is 1. The summed E-state index contributed by atoms with van der Waals surface area (Å²) in [6, 6.07) is 0. The summed E-state index contributed by atoms with van der Waals surface area (Å²) in [6.45, 7) is 7.94. The highest BCUT2D eigenvalue weighted by atomic mass is 16.2. The number of Topliss-reactive ketones (excluding diaryl/α,β-unsaturated/α-hetero) is 1. The largest absolute Gasteiger partial charge is 0.299 e. The number of unbranched alkanes of at least 4 members (excludes halogenated alkanes) is 2. The molecule has 0 aliphatic carbocycles. The third kappa shape index (κ3) is 3.88. The molecule has 0 aromatic heterocycles. The second-order valence-electron chi connectivity index (χ2n) is 5.84. The van der Waals surface area contributed by atoms with Crippen LogP contribution in [0.25, 0.3) is 0 Å². The first-order chi connectivity index (χ1) is 8.86. The predicted molar refractivity (Wildman–Crippen MR) is 73.4 cm³/mol. The van der Waals surface area contributed by atoms with E-state index in [2.05, 4.69) is 0 Å². The van der Waals surface area contributed by atoms with Gasteiger partial charge in [-0.1, -0.05) is 34.1 Å². The maximum Gasteiger partial charge on any atom is 0.232 e. The maximum atomic E-state index is 11.8. The third-order valence-electron chi connectivity index (χ3n) is 4.01. The summed E-state index contributed by atoms with van der Waals surface area (Å²) in [4.78, 5) is 36.5. The van der Waals surface area contributed by atoms with Crippen molar-refractivity contribution in [2.45, 2.75) is 53.4 Å². The van der Waals surface area contributed by atoms with Crippen molar-refractivity contribution in [1.29, 1.82) is 0 Å². The highest BCUT2D eigenvalue weighted by molar-refractivity contribution is 6.04. The van der Waals surface area contributed by atoms with Gasteiger partial charge in [0.25, 0.3) is 0 Å². The first-order valence-electron chi connectivity index (χ1n) is 7.24. The fraction of sp³-hybridized carbons (Fsp3) is 0.800. The molecule has 4 nitrogen and oxygen atoms in total. The van der Waals surface area contributed by atoms with Gasteiger partial charge in [0, 0.05) is 30.7 Å². The minimum atomic E-state index is -0.185. The zero-order valence-corrected chi connectivity index (χ0v) is 12.4. The van der Waals surface area contributed by atoms with E-state index in [9.17, 15) is 14.4 Å². The Morgan fingerprint density at radius 2 is 1.58 bits per heavy atom. The fourth-order valence-electron chi connectivity index (χ4n) is 2.28. The molecule has 2 amide bonds. The number of carbonyl (C=O) groups excluding carboxylic acids is 3. The number of hydrogen-bond donors (Lipinski definition) is 0. The van der Waals surface area contributed by atoms with Crippen LogP contribution in [0, 0.1) is 17.8 Å². The summed E-state index contributed by atoms with van der Waals surface area (Å²) in [5.41, 5.74) is 0. The Morgan fingerprint density at radius 1 is 1.05 bits per heavy atom. The monoisotopic (exact) mass is 267 g/mol. The van der Waals surface area contributed by atoms with Gasteiger partial charge in [-0.2, -0.15) is 0 Å². The first kappa shape index (κ1) is 15.9. The van der Waals surface area contributed by atoms with Crippen LogP contribution in [0.1, 0.15) is 53.4 Å². The summed E-state index contributed by atoms with van der Waals surface area (Å²) < 4.78 is 0. The minimum absolute atomic E-state index is 0.0456. The van der Waals surface area contributed by atoms with Crippen molar-refractivity contribution in [2.75, 3.05) is 6.54 Å². The lowest BCUT2D eigenvalue weighted by molar-refractivity contribution is -0.139. The van der Waals surface area contributed by atoms with E-state index in [0.29, 0.717) is 13.0 Å². The Bertz CT molecular complexity index is 342. The van der Waals surface area contributed by atoms with Crippen molar-refractivity contribution in [1.82, 2.24) is 4.90 Å². The Morgan fingerprint density at radius 3 is 2.05 bits per heavy atom. The second kappa shape index (κ2) is 6.83. The molecule has 1 saturated heterocycles. The zero-order valence-electron chi connectivity index (χ0n) is 12.4. The van der Waals surface area contributed by atoms with Crippen molar-refractivity contribution in [3.8, 4) is 0 Å². The topological polar surface area (TPSA) is 54.5 Å². The maximum absolute atomic E-state index is 11.8. The molecule has 1 rings (SSSR count). The Labute approximate surface area is 115 Å². The SMILES string of the molecule is CC(C)C(=O)CCCCCN1C(=O)C(C)C(C)C1=O. The second-order valence-corrected chi connectivity index (χ2v) is 5.84. The van der Waals surface area contributed by atoms with Crippen LogP contribution in [0.2, 0.25) is 0 Å². The van der Waals surface area contributed by atoms with Crippen LogP contribution in [0.3, 0.4) is 0 Å². The molecule has 1 heterocycles. The Balaban J connectivity index is 2.25. The molecule has 0 radical (unpaired) electrons. The standard InChI is InChI=1S/C15H25NO3/c1-10(2)13(17)8-6-5-7-9-16-14(18)11(3)12(4)15(16)19/h10-12H,5-9H2,1-4H3. The van der Waals surface area contributed by atoms with E-state index in [1.165, 1.54) is 4.90 Å². The van der Waals surface area contributed by atoms with Crippen LogP contribution in [0.5, 0.6) is 0 Å². The molecule has 4 heteroatoms. The molecule has 0 aromatic rings. The van der Waals surface area contributed by atoms with Gasteiger partial charge >= 0.3 is 0 Å². The molecule has 1 fully saturated rings. The number of amides is 2. The van der Waals surface area contributed by atoms with Gasteiger partial charge in [0.1, 0.15) is 5.78 Å². The number of carbonyl (C=O) groups is 3. The lowest BCUT2D eigenvalue weighted by Crippen LogP contribution is -2.31. The van der Waals surface area contributed by atoms with Crippen molar-refractivity contribution >= 4 is 17.6 Å². The van der Waals surface area contributed by atoms with Gasteiger partial charge < -0.3 is 0 Å². The molecule has 0 aromatic carbocycles.